The number of nitriles is 1. The van der Waals surface area contributed by atoms with Gasteiger partial charge in [-0.25, -0.2) is 0 Å². The first-order chi connectivity index (χ1) is 14.8. The number of hydrogen-bond acceptors (Lipinski definition) is 4. The number of alkyl halides is 3. The minimum absolute atomic E-state index is 0.00348. The molecule has 2 saturated heterocycles. The lowest BCUT2D eigenvalue weighted by Gasteiger charge is -2.43. The van der Waals surface area contributed by atoms with Crippen LogP contribution in [0.5, 0.6) is 0 Å². The van der Waals surface area contributed by atoms with Crippen molar-refractivity contribution in [2.45, 2.75) is 44.7 Å². The van der Waals surface area contributed by atoms with Crippen molar-refractivity contribution < 1.29 is 23.1 Å². The first-order valence-electron chi connectivity index (χ1n) is 11.0. The van der Waals surface area contributed by atoms with Crippen LogP contribution in [0.15, 0.2) is 18.2 Å². The Hall–Kier alpha value is -2.27. The van der Waals surface area contributed by atoms with Crippen molar-refractivity contribution in [1.29, 1.82) is 5.26 Å². The molecule has 1 N–H and O–H groups in total. The van der Waals surface area contributed by atoms with E-state index in [4.69, 9.17) is 5.26 Å². The smallest absolute Gasteiger partial charge is 0.396 e. The number of fused-ring (bicyclic) bond motifs is 1. The van der Waals surface area contributed by atoms with Gasteiger partial charge >= 0.3 is 6.18 Å². The van der Waals surface area contributed by atoms with Crippen molar-refractivity contribution in [1.82, 2.24) is 4.90 Å². The van der Waals surface area contributed by atoms with E-state index in [9.17, 15) is 23.1 Å². The second kappa shape index (κ2) is 8.34. The Morgan fingerprint density at radius 3 is 2.65 bits per heavy atom. The maximum atomic E-state index is 13.4. The molecule has 168 valence electrons. The van der Waals surface area contributed by atoms with Crippen molar-refractivity contribution in [3.63, 3.8) is 0 Å². The predicted octanol–water partition coefficient (Wildman–Crippen LogP) is 3.80. The zero-order valence-corrected chi connectivity index (χ0v) is 17.5. The lowest BCUT2D eigenvalue weighted by molar-refractivity contribution is -0.137. The number of aliphatic hydroxyl groups excluding tert-OH is 1. The van der Waals surface area contributed by atoms with Crippen LogP contribution in [0.25, 0.3) is 0 Å². The quantitative estimate of drug-likeness (QED) is 0.781. The summed E-state index contributed by atoms with van der Waals surface area (Å²) in [6, 6.07) is 5.43. The molecule has 1 aromatic rings. The number of carbonyl (C=O) groups excluding carboxylic acids is 1. The number of nitrogens with zero attached hydrogens (tertiary/aromatic N) is 3. The summed E-state index contributed by atoms with van der Waals surface area (Å²) in [5, 5.41) is 19.2. The minimum atomic E-state index is -4.59. The van der Waals surface area contributed by atoms with Crippen LogP contribution in [0.3, 0.4) is 0 Å². The molecule has 0 radical (unpaired) electrons. The van der Waals surface area contributed by atoms with Crippen LogP contribution in [0.1, 0.15) is 49.7 Å². The van der Waals surface area contributed by atoms with E-state index in [1.165, 1.54) is 18.9 Å². The molecule has 0 aromatic heterocycles. The summed E-state index contributed by atoms with van der Waals surface area (Å²) in [6.07, 6.45) is 1.14. The van der Waals surface area contributed by atoms with E-state index in [1.54, 1.807) is 12.1 Å². The molecule has 1 aromatic carbocycles. The number of amides is 1. The van der Waals surface area contributed by atoms with Crippen LogP contribution in [0.4, 0.5) is 18.9 Å². The van der Waals surface area contributed by atoms with E-state index in [1.807, 2.05) is 9.80 Å². The van der Waals surface area contributed by atoms with Gasteiger partial charge < -0.3 is 14.9 Å². The van der Waals surface area contributed by atoms with E-state index >= 15 is 0 Å². The fourth-order valence-electron chi connectivity index (χ4n) is 5.62. The molecule has 2 aliphatic heterocycles. The highest BCUT2D eigenvalue weighted by Crippen LogP contribution is 2.45. The Labute approximate surface area is 180 Å². The van der Waals surface area contributed by atoms with Crippen LogP contribution >= 0.6 is 0 Å². The standard InChI is InChI=1S/C23H28F3N3O2/c24-23(25,26)20-10-19(6-5-17(20)11-27)28-8-7-22(15-30)14-29(13-18(22)12-28)21(31)9-16-3-1-2-4-16/h5-6,10,16,18,30H,1-4,7-9,12-15H2/t18-,22+/m1/s1. The van der Waals surface area contributed by atoms with Gasteiger partial charge in [-0.1, -0.05) is 12.8 Å². The van der Waals surface area contributed by atoms with Gasteiger partial charge in [-0.3, -0.25) is 4.79 Å². The normalized spacial score (nSPS) is 26.7. The number of anilines is 1. The number of hydrogen-bond donors (Lipinski definition) is 1. The lowest BCUT2D eigenvalue weighted by Crippen LogP contribution is -2.49. The second-order valence-corrected chi connectivity index (χ2v) is 9.38. The third-order valence-electron chi connectivity index (χ3n) is 7.53. The van der Waals surface area contributed by atoms with Crippen molar-refractivity contribution >= 4 is 11.6 Å². The highest BCUT2D eigenvalue weighted by Gasteiger charge is 2.50. The van der Waals surface area contributed by atoms with Crippen molar-refractivity contribution in [3.8, 4) is 6.07 Å². The van der Waals surface area contributed by atoms with E-state index in [0.29, 0.717) is 50.6 Å². The maximum absolute atomic E-state index is 13.4. The number of rotatable bonds is 4. The number of piperidine rings is 1. The molecule has 1 aliphatic carbocycles. The third kappa shape index (κ3) is 4.25. The number of likely N-dealkylation sites (tertiary alicyclic amines) is 1. The van der Waals surface area contributed by atoms with Crippen LogP contribution < -0.4 is 4.90 Å². The number of aliphatic hydroxyl groups is 1. The second-order valence-electron chi connectivity index (χ2n) is 9.38. The summed E-state index contributed by atoms with van der Waals surface area (Å²) >= 11 is 0. The Kier molecular flexibility index (Phi) is 5.91. The molecular weight excluding hydrogens is 407 g/mol. The van der Waals surface area contributed by atoms with Gasteiger partial charge in [-0.05, 0) is 43.4 Å². The summed E-state index contributed by atoms with van der Waals surface area (Å²) in [4.78, 5) is 16.6. The SMILES string of the molecule is N#Cc1ccc(N2CC[C@@]3(CO)CN(C(=O)CC4CCCC4)C[C@H]3C2)cc1C(F)(F)F. The molecule has 31 heavy (non-hydrogen) atoms. The fourth-order valence-corrected chi connectivity index (χ4v) is 5.62. The largest absolute Gasteiger partial charge is 0.417 e. The van der Waals surface area contributed by atoms with E-state index in [-0.39, 0.29) is 29.4 Å². The topological polar surface area (TPSA) is 67.6 Å². The summed E-state index contributed by atoms with van der Waals surface area (Å²) in [5.41, 5.74) is -1.27. The van der Waals surface area contributed by atoms with Crippen molar-refractivity contribution in [2.75, 3.05) is 37.7 Å². The predicted molar refractivity (Wildman–Crippen MR) is 109 cm³/mol. The third-order valence-corrected chi connectivity index (χ3v) is 7.53. The zero-order valence-electron chi connectivity index (χ0n) is 17.5. The Morgan fingerprint density at radius 1 is 1.26 bits per heavy atom. The van der Waals surface area contributed by atoms with Crippen molar-refractivity contribution in [3.05, 3.63) is 29.3 Å². The lowest BCUT2D eigenvalue weighted by atomic mass is 9.73. The Morgan fingerprint density at radius 2 is 2.00 bits per heavy atom. The fraction of sp³-hybridized carbons (Fsp3) is 0.652. The first kappa shape index (κ1) is 21.9. The minimum Gasteiger partial charge on any atom is -0.396 e. The summed E-state index contributed by atoms with van der Waals surface area (Å²) in [5.74, 6) is 0.596. The van der Waals surface area contributed by atoms with Crippen LogP contribution in [-0.4, -0.2) is 48.7 Å². The number of carbonyl (C=O) groups is 1. The summed E-state index contributed by atoms with van der Waals surface area (Å²) in [6.45, 7) is 2.02. The van der Waals surface area contributed by atoms with Crippen LogP contribution in [-0.2, 0) is 11.0 Å². The Balaban J connectivity index is 1.50. The average Bonchev–Trinajstić information content (AvgIpc) is 3.40. The molecular formula is C23H28F3N3O2. The van der Waals surface area contributed by atoms with E-state index in [0.717, 1.165) is 18.9 Å². The average molecular weight is 435 g/mol. The van der Waals surface area contributed by atoms with Gasteiger partial charge in [-0.15, -0.1) is 0 Å². The first-order valence-corrected chi connectivity index (χ1v) is 11.0. The van der Waals surface area contributed by atoms with E-state index in [2.05, 4.69) is 0 Å². The summed E-state index contributed by atoms with van der Waals surface area (Å²) < 4.78 is 40.1. The monoisotopic (exact) mass is 435 g/mol. The molecule has 1 saturated carbocycles. The van der Waals surface area contributed by atoms with Gasteiger partial charge in [0.25, 0.3) is 0 Å². The van der Waals surface area contributed by atoms with Gasteiger partial charge in [-0.2, -0.15) is 18.4 Å². The number of benzene rings is 1. The number of halogens is 3. The van der Waals surface area contributed by atoms with Gasteiger partial charge in [0, 0.05) is 49.6 Å². The molecule has 1 amide bonds. The molecule has 0 spiro atoms. The van der Waals surface area contributed by atoms with Crippen LogP contribution in [0.2, 0.25) is 0 Å². The van der Waals surface area contributed by atoms with Crippen molar-refractivity contribution in [2.24, 2.45) is 17.3 Å². The molecule has 0 unspecified atom stereocenters. The molecule has 4 rings (SSSR count). The zero-order chi connectivity index (χ0) is 22.2. The Bertz CT molecular complexity index is 876. The molecule has 5 nitrogen and oxygen atoms in total. The highest BCUT2D eigenvalue weighted by molar-refractivity contribution is 5.77. The van der Waals surface area contributed by atoms with Crippen LogP contribution in [0, 0.1) is 28.6 Å². The summed E-state index contributed by atoms with van der Waals surface area (Å²) in [7, 11) is 0. The van der Waals surface area contributed by atoms with E-state index < -0.39 is 11.7 Å². The molecule has 3 aliphatic rings. The molecule has 2 heterocycles. The van der Waals surface area contributed by atoms with Gasteiger partial charge in [0.2, 0.25) is 5.91 Å². The molecule has 8 heteroatoms. The van der Waals surface area contributed by atoms with Gasteiger partial charge in [0.1, 0.15) is 0 Å². The van der Waals surface area contributed by atoms with Gasteiger partial charge in [0.05, 0.1) is 23.8 Å². The highest BCUT2D eigenvalue weighted by atomic mass is 19.4. The molecule has 0 bridgehead atoms. The van der Waals surface area contributed by atoms with Gasteiger partial charge in [0.15, 0.2) is 0 Å². The maximum Gasteiger partial charge on any atom is 0.417 e. The molecule has 3 fully saturated rings. The molecule has 2 atom stereocenters.